The standard InChI is InChI=1S/C9H6ClF4N3/c1-3-6(10)9-15-4(7(11)12)2-5(8(13)14)17(9)16-3/h2,7-8H,1H3. The topological polar surface area (TPSA) is 30.2 Å². The lowest BCUT2D eigenvalue weighted by Gasteiger charge is -2.06. The molecule has 17 heavy (non-hydrogen) atoms. The lowest BCUT2D eigenvalue weighted by atomic mass is 10.3. The van der Waals surface area contributed by atoms with Crippen molar-refractivity contribution in [1.29, 1.82) is 0 Å². The molecule has 0 spiro atoms. The predicted molar refractivity (Wildman–Crippen MR) is 52.6 cm³/mol. The maximum atomic E-state index is 12.7. The van der Waals surface area contributed by atoms with Gasteiger partial charge in [-0.05, 0) is 13.0 Å². The molecule has 0 N–H and O–H groups in total. The summed E-state index contributed by atoms with van der Waals surface area (Å²) >= 11 is 5.76. The average Bonchev–Trinajstić information content (AvgIpc) is 2.54. The molecule has 8 heteroatoms. The summed E-state index contributed by atoms with van der Waals surface area (Å²) in [6, 6.07) is 0.630. The van der Waals surface area contributed by atoms with Crippen molar-refractivity contribution < 1.29 is 17.6 Å². The fourth-order valence-corrected chi connectivity index (χ4v) is 1.57. The van der Waals surface area contributed by atoms with Crippen LogP contribution in [0.25, 0.3) is 5.65 Å². The third-order valence-electron chi connectivity index (χ3n) is 2.19. The molecule has 92 valence electrons. The Morgan fingerprint density at radius 2 is 1.88 bits per heavy atom. The van der Waals surface area contributed by atoms with E-state index in [9.17, 15) is 17.6 Å². The Morgan fingerprint density at radius 3 is 2.41 bits per heavy atom. The van der Waals surface area contributed by atoms with E-state index in [4.69, 9.17) is 11.6 Å². The number of alkyl halides is 4. The molecule has 0 bridgehead atoms. The van der Waals surface area contributed by atoms with Gasteiger partial charge < -0.3 is 0 Å². The first-order valence-electron chi connectivity index (χ1n) is 4.53. The van der Waals surface area contributed by atoms with Gasteiger partial charge in [-0.3, -0.25) is 0 Å². The first-order valence-corrected chi connectivity index (χ1v) is 4.91. The van der Waals surface area contributed by atoms with Gasteiger partial charge in [0.2, 0.25) is 0 Å². The number of aromatic nitrogens is 3. The molecule has 2 rings (SSSR count). The number of hydrogen-bond donors (Lipinski definition) is 0. The molecular weight excluding hydrogens is 262 g/mol. The zero-order valence-electron chi connectivity index (χ0n) is 8.46. The zero-order valence-corrected chi connectivity index (χ0v) is 9.22. The van der Waals surface area contributed by atoms with Crippen LogP contribution in [0.1, 0.15) is 29.9 Å². The highest BCUT2D eigenvalue weighted by Crippen LogP contribution is 2.28. The Bertz CT molecular complexity index is 567. The quantitative estimate of drug-likeness (QED) is 0.779. The van der Waals surface area contributed by atoms with Crippen molar-refractivity contribution in [3.05, 3.63) is 28.2 Å². The molecule has 2 heterocycles. The monoisotopic (exact) mass is 267 g/mol. The SMILES string of the molecule is Cc1nn2c(C(F)F)cc(C(F)F)nc2c1Cl. The molecule has 0 radical (unpaired) electrons. The Balaban J connectivity index is 2.81. The average molecular weight is 268 g/mol. The molecule has 0 aliphatic carbocycles. The van der Waals surface area contributed by atoms with E-state index in [0.29, 0.717) is 6.07 Å². The van der Waals surface area contributed by atoms with Crippen molar-refractivity contribution >= 4 is 17.2 Å². The van der Waals surface area contributed by atoms with Gasteiger partial charge in [0, 0.05) is 0 Å². The minimum absolute atomic E-state index is 0.00519. The molecule has 0 amide bonds. The summed E-state index contributed by atoms with van der Waals surface area (Å²) in [7, 11) is 0. The molecule has 0 atom stereocenters. The van der Waals surface area contributed by atoms with Gasteiger partial charge in [-0.25, -0.2) is 27.1 Å². The minimum Gasteiger partial charge on any atom is -0.226 e. The first kappa shape index (κ1) is 12.1. The second kappa shape index (κ2) is 4.14. The summed E-state index contributed by atoms with van der Waals surface area (Å²) < 4.78 is 51.2. The maximum absolute atomic E-state index is 12.7. The van der Waals surface area contributed by atoms with Crippen LogP contribution in [0.4, 0.5) is 17.6 Å². The highest BCUT2D eigenvalue weighted by molar-refractivity contribution is 6.34. The molecule has 2 aromatic heterocycles. The molecule has 0 fully saturated rings. The predicted octanol–water partition coefficient (Wildman–Crippen LogP) is 3.57. The van der Waals surface area contributed by atoms with Crippen LogP contribution in [0.15, 0.2) is 6.07 Å². The van der Waals surface area contributed by atoms with Gasteiger partial charge in [-0.15, -0.1) is 0 Å². The van der Waals surface area contributed by atoms with Gasteiger partial charge in [-0.2, -0.15) is 5.10 Å². The molecule has 0 unspecified atom stereocenters. The lowest BCUT2D eigenvalue weighted by Crippen LogP contribution is -2.04. The maximum Gasteiger partial charge on any atom is 0.280 e. The molecule has 0 aromatic carbocycles. The molecule has 0 saturated heterocycles. The van der Waals surface area contributed by atoms with Crippen LogP contribution in [-0.2, 0) is 0 Å². The van der Waals surface area contributed by atoms with Crippen LogP contribution >= 0.6 is 11.6 Å². The second-order valence-electron chi connectivity index (χ2n) is 3.34. The highest BCUT2D eigenvalue weighted by Gasteiger charge is 2.22. The van der Waals surface area contributed by atoms with Crippen LogP contribution in [-0.4, -0.2) is 14.6 Å². The Labute approximate surface area is 98.0 Å². The van der Waals surface area contributed by atoms with Crippen LogP contribution in [0.2, 0.25) is 5.02 Å². The fraction of sp³-hybridized carbons (Fsp3) is 0.333. The summed E-state index contributed by atoms with van der Waals surface area (Å²) in [6.07, 6.45) is -5.88. The van der Waals surface area contributed by atoms with Crippen molar-refractivity contribution in [2.45, 2.75) is 19.8 Å². The molecule has 3 nitrogen and oxygen atoms in total. The number of fused-ring (bicyclic) bond motifs is 1. The summed E-state index contributed by atoms with van der Waals surface area (Å²) in [5.41, 5.74) is -1.32. The normalized spacial score (nSPS) is 12.0. The largest absolute Gasteiger partial charge is 0.280 e. The Hall–Kier alpha value is -1.37. The van der Waals surface area contributed by atoms with Crippen molar-refractivity contribution in [3.63, 3.8) is 0 Å². The van der Waals surface area contributed by atoms with Gasteiger partial charge in [0.25, 0.3) is 12.9 Å². The van der Waals surface area contributed by atoms with E-state index >= 15 is 0 Å². The zero-order chi connectivity index (χ0) is 12.7. The van der Waals surface area contributed by atoms with Gasteiger partial charge in [0.1, 0.15) is 16.4 Å². The van der Waals surface area contributed by atoms with E-state index < -0.39 is 24.2 Å². The van der Waals surface area contributed by atoms with Gasteiger partial charge in [-0.1, -0.05) is 11.6 Å². The van der Waals surface area contributed by atoms with Gasteiger partial charge >= 0.3 is 0 Å². The number of hydrogen-bond acceptors (Lipinski definition) is 2. The van der Waals surface area contributed by atoms with Crippen molar-refractivity contribution in [2.75, 3.05) is 0 Å². The van der Waals surface area contributed by atoms with Crippen LogP contribution < -0.4 is 0 Å². The first-order chi connectivity index (χ1) is 7.91. The summed E-state index contributed by atoms with van der Waals surface area (Å²) in [6.45, 7) is 1.48. The molecule has 0 aliphatic rings. The number of rotatable bonds is 2. The summed E-state index contributed by atoms with van der Waals surface area (Å²) in [5, 5.41) is 3.73. The number of nitrogens with zero attached hydrogens (tertiary/aromatic N) is 3. The van der Waals surface area contributed by atoms with E-state index in [1.165, 1.54) is 6.92 Å². The van der Waals surface area contributed by atoms with Crippen LogP contribution in [0, 0.1) is 6.92 Å². The Kier molecular flexibility index (Phi) is 2.94. The smallest absolute Gasteiger partial charge is 0.226 e. The third-order valence-corrected chi connectivity index (χ3v) is 2.63. The molecule has 0 saturated carbocycles. The highest BCUT2D eigenvalue weighted by atomic mass is 35.5. The molecule has 2 aromatic rings. The van der Waals surface area contributed by atoms with E-state index in [-0.39, 0.29) is 16.4 Å². The molecular formula is C9H6ClF4N3. The van der Waals surface area contributed by atoms with Crippen LogP contribution in [0.5, 0.6) is 0 Å². The summed E-state index contributed by atoms with van der Waals surface area (Å²) in [4.78, 5) is 3.52. The van der Waals surface area contributed by atoms with Crippen molar-refractivity contribution in [3.8, 4) is 0 Å². The van der Waals surface area contributed by atoms with E-state index in [1.54, 1.807) is 0 Å². The summed E-state index contributed by atoms with van der Waals surface area (Å²) in [5.74, 6) is 0. The van der Waals surface area contributed by atoms with E-state index in [2.05, 4.69) is 10.1 Å². The van der Waals surface area contributed by atoms with E-state index in [1.807, 2.05) is 0 Å². The van der Waals surface area contributed by atoms with E-state index in [0.717, 1.165) is 4.52 Å². The van der Waals surface area contributed by atoms with Crippen molar-refractivity contribution in [2.24, 2.45) is 0 Å². The lowest BCUT2D eigenvalue weighted by molar-refractivity contribution is 0.135. The van der Waals surface area contributed by atoms with Gasteiger partial charge in [0.05, 0.1) is 5.69 Å². The third kappa shape index (κ3) is 1.95. The van der Waals surface area contributed by atoms with Gasteiger partial charge in [0.15, 0.2) is 5.65 Å². The number of halogens is 5. The van der Waals surface area contributed by atoms with Crippen LogP contribution in [0.3, 0.4) is 0 Å². The van der Waals surface area contributed by atoms with Crippen molar-refractivity contribution in [1.82, 2.24) is 14.6 Å². The number of aryl methyl sites for hydroxylation is 1. The minimum atomic E-state index is -2.94. The molecule has 0 aliphatic heterocycles. The second-order valence-corrected chi connectivity index (χ2v) is 3.72. The fourth-order valence-electron chi connectivity index (χ4n) is 1.41. The Morgan fingerprint density at radius 1 is 1.24 bits per heavy atom.